The van der Waals surface area contributed by atoms with Crippen molar-refractivity contribution >= 4 is 25.7 Å². The van der Waals surface area contributed by atoms with Gasteiger partial charge in [-0.2, -0.15) is 4.31 Å². The van der Waals surface area contributed by atoms with E-state index in [0.29, 0.717) is 31.3 Å². The average Bonchev–Trinajstić information content (AvgIpc) is 2.70. The molecule has 0 radical (unpaired) electrons. The van der Waals surface area contributed by atoms with Crippen LogP contribution in [-0.4, -0.2) is 54.1 Å². The van der Waals surface area contributed by atoms with Gasteiger partial charge < -0.3 is 9.47 Å². The highest BCUT2D eigenvalue weighted by Crippen LogP contribution is 2.22. The van der Waals surface area contributed by atoms with E-state index in [9.17, 15) is 16.8 Å². The number of anilines is 1. The predicted octanol–water partition coefficient (Wildman–Crippen LogP) is 1.91. The molecule has 3 rings (SSSR count). The number of sulfonamides is 2. The summed E-state index contributed by atoms with van der Waals surface area (Å²) < 4.78 is 64.6. The molecular formula is C18H22N2O6S2. The second kappa shape index (κ2) is 8.48. The molecule has 1 aliphatic rings. The van der Waals surface area contributed by atoms with E-state index in [1.807, 2.05) is 6.92 Å². The Morgan fingerprint density at radius 1 is 0.929 bits per heavy atom. The molecule has 0 saturated carbocycles. The van der Waals surface area contributed by atoms with Crippen molar-refractivity contribution in [1.82, 2.24) is 4.31 Å². The van der Waals surface area contributed by atoms with E-state index < -0.39 is 20.0 Å². The van der Waals surface area contributed by atoms with Crippen LogP contribution in [0.15, 0.2) is 58.3 Å². The molecule has 8 nitrogen and oxygen atoms in total. The third-order valence-corrected chi connectivity index (χ3v) is 7.47. The highest BCUT2D eigenvalue weighted by atomic mass is 32.2. The van der Waals surface area contributed by atoms with Crippen LogP contribution in [0.3, 0.4) is 0 Å². The van der Waals surface area contributed by atoms with Crippen LogP contribution in [0.2, 0.25) is 0 Å². The van der Waals surface area contributed by atoms with Crippen molar-refractivity contribution in [1.29, 1.82) is 0 Å². The van der Waals surface area contributed by atoms with Gasteiger partial charge in [0.15, 0.2) is 0 Å². The zero-order valence-electron chi connectivity index (χ0n) is 15.4. The molecule has 0 aromatic heterocycles. The molecule has 1 N–H and O–H groups in total. The summed E-state index contributed by atoms with van der Waals surface area (Å²) in [6.07, 6.45) is 0. The van der Waals surface area contributed by atoms with Gasteiger partial charge in [-0.15, -0.1) is 0 Å². The Kier molecular flexibility index (Phi) is 6.23. The van der Waals surface area contributed by atoms with Gasteiger partial charge in [0.05, 0.1) is 29.6 Å². The van der Waals surface area contributed by atoms with Crippen molar-refractivity contribution in [2.24, 2.45) is 0 Å². The fourth-order valence-corrected chi connectivity index (χ4v) is 5.19. The lowest BCUT2D eigenvalue weighted by Crippen LogP contribution is -2.40. The number of ether oxygens (including phenoxy) is 2. The van der Waals surface area contributed by atoms with Crippen LogP contribution in [0.4, 0.5) is 5.69 Å². The Morgan fingerprint density at radius 3 is 2.07 bits per heavy atom. The lowest BCUT2D eigenvalue weighted by Gasteiger charge is -2.26. The quantitative estimate of drug-likeness (QED) is 0.726. The summed E-state index contributed by atoms with van der Waals surface area (Å²) in [5.41, 5.74) is 0.383. The van der Waals surface area contributed by atoms with Gasteiger partial charge in [-0.3, -0.25) is 4.72 Å². The SMILES string of the molecule is CCOc1ccc(NS(=O)(=O)c2ccc(S(=O)(=O)N3CCOCC3)cc2)cc1. The van der Waals surface area contributed by atoms with Crippen LogP contribution in [0, 0.1) is 0 Å². The van der Waals surface area contributed by atoms with Crippen molar-refractivity contribution in [2.75, 3.05) is 37.6 Å². The van der Waals surface area contributed by atoms with Crippen LogP contribution in [-0.2, 0) is 24.8 Å². The van der Waals surface area contributed by atoms with Gasteiger partial charge in [0.2, 0.25) is 10.0 Å². The van der Waals surface area contributed by atoms with Crippen LogP contribution in [0.1, 0.15) is 6.92 Å². The number of benzene rings is 2. The molecule has 2 aromatic carbocycles. The maximum atomic E-state index is 12.6. The molecule has 2 aromatic rings. The largest absolute Gasteiger partial charge is 0.494 e. The number of morpholine rings is 1. The zero-order chi connectivity index (χ0) is 20.2. The lowest BCUT2D eigenvalue weighted by atomic mass is 10.3. The monoisotopic (exact) mass is 426 g/mol. The van der Waals surface area contributed by atoms with E-state index in [-0.39, 0.29) is 22.9 Å². The van der Waals surface area contributed by atoms with Crippen LogP contribution in [0.5, 0.6) is 5.75 Å². The topological polar surface area (TPSA) is 102 Å². The minimum Gasteiger partial charge on any atom is -0.494 e. The van der Waals surface area contributed by atoms with E-state index >= 15 is 0 Å². The smallest absolute Gasteiger partial charge is 0.261 e. The maximum absolute atomic E-state index is 12.6. The summed E-state index contributed by atoms with van der Waals surface area (Å²) in [6, 6.07) is 11.7. The minimum atomic E-state index is -3.84. The van der Waals surface area contributed by atoms with Crippen LogP contribution in [0.25, 0.3) is 0 Å². The van der Waals surface area contributed by atoms with Gasteiger partial charge in [0.1, 0.15) is 5.75 Å². The molecule has 1 fully saturated rings. The first-order valence-corrected chi connectivity index (χ1v) is 11.7. The van der Waals surface area contributed by atoms with Crippen LogP contribution >= 0.6 is 0 Å². The first-order valence-electron chi connectivity index (χ1n) is 8.76. The third-order valence-electron chi connectivity index (χ3n) is 4.16. The first-order chi connectivity index (χ1) is 13.3. The fourth-order valence-electron chi connectivity index (χ4n) is 2.73. The normalized spacial score (nSPS) is 15.9. The van der Waals surface area contributed by atoms with E-state index in [1.165, 1.54) is 28.6 Å². The van der Waals surface area contributed by atoms with E-state index in [4.69, 9.17) is 9.47 Å². The third kappa shape index (κ3) is 4.64. The van der Waals surface area contributed by atoms with Crippen molar-refractivity contribution in [3.8, 4) is 5.75 Å². The van der Waals surface area contributed by atoms with E-state index in [0.717, 1.165) is 0 Å². The molecule has 0 amide bonds. The molecule has 1 aliphatic heterocycles. The van der Waals surface area contributed by atoms with Gasteiger partial charge in [-0.05, 0) is 55.5 Å². The first kappa shape index (κ1) is 20.6. The van der Waals surface area contributed by atoms with Gasteiger partial charge in [-0.1, -0.05) is 0 Å². The van der Waals surface area contributed by atoms with Gasteiger partial charge in [-0.25, -0.2) is 16.8 Å². The van der Waals surface area contributed by atoms with Gasteiger partial charge in [0, 0.05) is 18.8 Å². The average molecular weight is 427 g/mol. The Hall–Kier alpha value is -2.14. The molecular weight excluding hydrogens is 404 g/mol. The summed E-state index contributed by atoms with van der Waals surface area (Å²) >= 11 is 0. The van der Waals surface area contributed by atoms with Gasteiger partial charge >= 0.3 is 0 Å². The molecule has 0 atom stereocenters. The number of hydrogen-bond acceptors (Lipinski definition) is 6. The molecule has 152 valence electrons. The number of nitrogens with zero attached hydrogens (tertiary/aromatic N) is 1. The van der Waals surface area contributed by atoms with Gasteiger partial charge in [0.25, 0.3) is 10.0 Å². The maximum Gasteiger partial charge on any atom is 0.261 e. The highest BCUT2D eigenvalue weighted by molar-refractivity contribution is 7.92. The number of nitrogens with one attached hydrogen (secondary N) is 1. The van der Waals surface area contributed by atoms with E-state index in [2.05, 4.69) is 4.72 Å². The second-order valence-electron chi connectivity index (χ2n) is 6.05. The number of rotatable bonds is 7. The van der Waals surface area contributed by atoms with Crippen molar-refractivity contribution in [3.05, 3.63) is 48.5 Å². The van der Waals surface area contributed by atoms with Crippen molar-refractivity contribution < 1.29 is 26.3 Å². The Morgan fingerprint density at radius 2 is 1.50 bits per heavy atom. The Labute approximate surface area is 165 Å². The van der Waals surface area contributed by atoms with Crippen molar-refractivity contribution in [3.63, 3.8) is 0 Å². The van der Waals surface area contributed by atoms with Crippen molar-refractivity contribution in [2.45, 2.75) is 16.7 Å². The molecule has 28 heavy (non-hydrogen) atoms. The number of hydrogen-bond donors (Lipinski definition) is 1. The summed E-state index contributed by atoms with van der Waals surface area (Å²) in [7, 11) is -7.51. The molecule has 1 saturated heterocycles. The summed E-state index contributed by atoms with van der Waals surface area (Å²) in [6.45, 7) is 3.63. The molecule has 10 heteroatoms. The highest BCUT2D eigenvalue weighted by Gasteiger charge is 2.26. The standard InChI is InChI=1S/C18H22N2O6S2/c1-2-26-16-5-3-15(4-6-16)19-27(21,22)17-7-9-18(10-8-17)28(23,24)20-11-13-25-14-12-20/h3-10,19H,2,11-14H2,1H3. The minimum absolute atomic E-state index is 0.0256. The van der Waals surface area contributed by atoms with Crippen LogP contribution < -0.4 is 9.46 Å². The molecule has 0 aliphatic carbocycles. The summed E-state index contributed by atoms with van der Waals surface area (Å²) in [5, 5.41) is 0. The van der Waals surface area contributed by atoms with E-state index in [1.54, 1.807) is 24.3 Å². The molecule has 0 spiro atoms. The zero-order valence-corrected chi connectivity index (χ0v) is 17.0. The Bertz CT molecular complexity index is 997. The molecule has 1 heterocycles. The predicted molar refractivity (Wildman–Crippen MR) is 104 cm³/mol. The fraction of sp³-hybridized carbons (Fsp3) is 0.333. The molecule has 0 bridgehead atoms. The summed E-state index contributed by atoms with van der Waals surface area (Å²) in [4.78, 5) is 0.0247. The lowest BCUT2D eigenvalue weighted by molar-refractivity contribution is 0.0730. The molecule has 0 unspecified atom stereocenters. The summed E-state index contributed by atoms with van der Waals surface area (Å²) in [5.74, 6) is 0.642. The second-order valence-corrected chi connectivity index (χ2v) is 9.67. The Balaban J connectivity index is 1.76.